The van der Waals surface area contributed by atoms with Gasteiger partial charge in [-0.15, -0.1) is 0 Å². The Balaban J connectivity index is 2.16. The number of hydrogen-bond donors (Lipinski definition) is 1. The van der Waals surface area contributed by atoms with Gasteiger partial charge in [0.15, 0.2) is 0 Å². The van der Waals surface area contributed by atoms with Crippen LogP contribution in [0.5, 0.6) is 5.75 Å². The Kier molecular flexibility index (Phi) is 5.40. The average Bonchev–Trinajstić information content (AvgIpc) is 2.65. The third-order valence-electron chi connectivity index (χ3n) is 4.10. The van der Waals surface area contributed by atoms with E-state index in [-0.39, 0.29) is 12.1 Å². The fourth-order valence-electron chi connectivity index (χ4n) is 2.99. The van der Waals surface area contributed by atoms with Crippen molar-refractivity contribution in [3.63, 3.8) is 0 Å². The van der Waals surface area contributed by atoms with Crippen molar-refractivity contribution >= 4 is 0 Å². The molecule has 0 bridgehead atoms. The van der Waals surface area contributed by atoms with E-state index >= 15 is 0 Å². The summed E-state index contributed by atoms with van der Waals surface area (Å²) in [6, 6.07) is 8.73. The van der Waals surface area contributed by atoms with Gasteiger partial charge >= 0.3 is 0 Å². The van der Waals surface area contributed by atoms with Crippen LogP contribution in [0.2, 0.25) is 0 Å². The largest absolute Gasteiger partial charge is 0.497 e. The lowest BCUT2D eigenvalue weighted by atomic mass is 9.98. The molecule has 2 atom stereocenters. The van der Waals surface area contributed by atoms with E-state index in [1.165, 1.54) is 18.5 Å². The minimum Gasteiger partial charge on any atom is -0.497 e. The molecule has 1 aliphatic heterocycles. The fraction of sp³-hybridized carbons (Fsp3) is 0.625. The van der Waals surface area contributed by atoms with Crippen LogP contribution in [-0.2, 0) is 0 Å². The molecule has 0 aromatic heterocycles. The quantitative estimate of drug-likeness (QED) is 0.910. The summed E-state index contributed by atoms with van der Waals surface area (Å²) in [7, 11) is 3.89. The first kappa shape index (κ1) is 15.3. The average molecular weight is 277 g/mol. The maximum absolute atomic E-state index is 6.27. The Labute approximate surface area is 122 Å². The first-order valence-electron chi connectivity index (χ1n) is 7.44. The zero-order chi connectivity index (χ0) is 14.5. The van der Waals surface area contributed by atoms with Crippen LogP contribution in [0.15, 0.2) is 24.3 Å². The van der Waals surface area contributed by atoms with E-state index in [4.69, 9.17) is 10.5 Å². The van der Waals surface area contributed by atoms with Crippen molar-refractivity contribution in [3.05, 3.63) is 29.8 Å². The number of ether oxygens (including phenoxy) is 1. The highest BCUT2D eigenvalue weighted by atomic mass is 16.5. The molecule has 1 aromatic carbocycles. The Bertz CT molecular complexity index is 405. The molecule has 4 nitrogen and oxygen atoms in total. The van der Waals surface area contributed by atoms with Crippen LogP contribution >= 0.6 is 0 Å². The van der Waals surface area contributed by atoms with Gasteiger partial charge in [-0.25, -0.2) is 0 Å². The van der Waals surface area contributed by atoms with E-state index < -0.39 is 0 Å². The zero-order valence-electron chi connectivity index (χ0n) is 12.9. The summed E-state index contributed by atoms with van der Waals surface area (Å²) in [5, 5.41) is 0. The summed E-state index contributed by atoms with van der Waals surface area (Å²) in [4.78, 5) is 4.92. The molecule has 4 heteroatoms. The lowest BCUT2D eigenvalue weighted by Gasteiger charge is -2.33. The van der Waals surface area contributed by atoms with Crippen LogP contribution in [0.4, 0.5) is 0 Å². The highest BCUT2D eigenvalue weighted by Crippen LogP contribution is 2.26. The molecule has 1 aliphatic rings. The molecule has 112 valence electrons. The standard InChI is InChI=1S/C16H27N3O/c1-13(17)16(14-5-7-15(20-3)8-6-14)19-10-4-9-18(2)11-12-19/h5-8,13,16H,4,9-12,17H2,1-3H3. The molecule has 2 unspecified atom stereocenters. The fourth-order valence-corrected chi connectivity index (χ4v) is 2.99. The second-order valence-electron chi connectivity index (χ2n) is 5.77. The molecule has 0 spiro atoms. The molecule has 20 heavy (non-hydrogen) atoms. The molecule has 1 saturated heterocycles. The second kappa shape index (κ2) is 7.07. The van der Waals surface area contributed by atoms with E-state index in [1.807, 2.05) is 12.1 Å². The Hall–Kier alpha value is -1.10. The van der Waals surface area contributed by atoms with Crippen molar-refractivity contribution in [1.82, 2.24) is 9.80 Å². The molecule has 0 amide bonds. The van der Waals surface area contributed by atoms with Crippen LogP contribution in [0.3, 0.4) is 0 Å². The Morgan fingerprint density at radius 2 is 1.80 bits per heavy atom. The molecule has 0 radical (unpaired) electrons. The van der Waals surface area contributed by atoms with Gasteiger partial charge in [-0.2, -0.15) is 0 Å². The summed E-state index contributed by atoms with van der Waals surface area (Å²) in [5.41, 5.74) is 7.55. The van der Waals surface area contributed by atoms with Crippen LogP contribution in [-0.4, -0.2) is 56.2 Å². The topological polar surface area (TPSA) is 41.7 Å². The highest BCUT2D eigenvalue weighted by molar-refractivity contribution is 5.30. The van der Waals surface area contributed by atoms with Gasteiger partial charge in [0.25, 0.3) is 0 Å². The smallest absolute Gasteiger partial charge is 0.118 e. The number of methoxy groups -OCH3 is 1. The normalized spacial score (nSPS) is 21.2. The van der Waals surface area contributed by atoms with Crippen molar-refractivity contribution in [2.45, 2.75) is 25.4 Å². The lowest BCUT2D eigenvalue weighted by Crippen LogP contribution is -2.41. The van der Waals surface area contributed by atoms with Gasteiger partial charge in [0.05, 0.1) is 7.11 Å². The molecule has 0 aliphatic carbocycles. The molecule has 2 rings (SSSR count). The van der Waals surface area contributed by atoms with E-state index in [0.29, 0.717) is 0 Å². The number of rotatable bonds is 4. The minimum absolute atomic E-state index is 0.117. The van der Waals surface area contributed by atoms with Gasteiger partial charge in [0.1, 0.15) is 5.75 Å². The first-order chi connectivity index (χ1) is 9.61. The van der Waals surface area contributed by atoms with Gasteiger partial charge in [0, 0.05) is 31.7 Å². The Morgan fingerprint density at radius 1 is 1.10 bits per heavy atom. The lowest BCUT2D eigenvalue weighted by molar-refractivity contribution is 0.182. The van der Waals surface area contributed by atoms with E-state index in [1.54, 1.807) is 7.11 Å². The molecule has 1 aromatic rings. The number of benzene rings is 1. The summed E-state index contributed by atoms with van der Waals surface area (Å²) in [6.45, 7) is 6.57. The highest BCUT2D eigenvalue weighted by Gasteiger charge is 2.25. The number of nitrogens with two attached hydrogens (primary N) is 1. The van der Waals surface area contributed by atoms with Crippen molar-refractivity contribution < 1.29 is 4.74 Å². The molecular weight excluding hydrogens is 250 g/mol. The number of nitrogens with zero attached hydrogens (tertiary/aromatic N) is 2. The second-order valence-corrected chi connectivity index (χ2v) is 5.77. The predicted molar refractivity (Wildman–Crippen MR) is 83.1 cm³/mol. The Morgan fingerprint density at radius 3 is 2.40 bits per heavy atom. The third-order valence-corrected chi connectivity index (χ3v) is 4.10. The molecular formula is C16H27N3O. The maximum Gasteiger partial charge on any atom is 0.118 e. The number of likely N-dealkylation sites (N-methyl/N-ethyl adjacent to an activating group) is 1. The minimum atomic E-state index is 0.117. The zero-order valence-corrected chi connectivity index (χ0v) is 12.9. The van der Waals surface area contributed by atoms with E-state index in [2.05, 4.69) is 35.9 Å². The SMILES string of the molecule is COc1ccc(C(C(C)N)N2CCCN(C)CC2)cc1. The van der Waals surface area contributed by atoms with Crippen molar-refractivity contribution in [2.75, 3.05) is 40.3 Å². The molecule has 1 heterocycles. The van der Waals surface area contributed by atoms with Gasteiger partial charge in [-0.1, -0.05) is 12.1 Å². The molecule has 2 N–H and O–H groups in total. The van der Waals surface area contributed by atoms with Crippen molar-refractivity contribution in [2.24, 2.45) is 5.73 Å². The first-order valence-corrected chi connectivity index (χ1v) is 7.44. The van der Waals surface area contributed by atoms with Crippen molar-refractivity contribution in [1.29, 1.82) is 0 Å². The van der Waals surface area contributed by atoms with Crippen LogP contribution in [0.25, 0.3) is 0 Å². The van der Waals surface area contributed by atoms with E-state index in [9.17, 15) is 0 Å². The summed E-state index contributed by atoms with van der Waals surface area (Å²) in [5.74, 6) is 0.896. The predicted octanol–water partition coefficient (Wildman–Crippen LogP) is 1.72. The van der Waals surface area contributed by atoms with Gasteiger partial charge in [0.2, 0.25) is 0 Å². The van der Waals surface area contributed by atoms with Crippen LogP contribution in [0, 0.1) is 0 Å². The number of hydrogen-bond acceptors (Lipinski definition) is 4. The summed E-state index contributed by atoms with van der Waals surface area (Å²) >= 11 is 0. The summed E-state index contributed by atoms with van der Waals surface area (Å²) < 4.78 is 5.24. The van der Waals surface area contributed by atoms with E-state index in [0.717, 1.165) is 25.4 Å². The van der Waals surface area contributed by atoms with Gasteiger partial charge in [-0.05, 0) is 44.6 Å². The van der Waals surface area contributed by atoms with Gasteiger partial charge in [-0.3, -0.25) is 4.90 Å². The van der Waals surface area contributed by atoms with Crippen LogP contribution in [0.1, 0.15) is 24.9 Å². The molecule has 1 fully saturated rings. The monoisotopic (exact) mass is 277 g/mol. The maximum atomic E-state index is 6.27. The van der Waals surface area contributed by atoms with Crippen LogP contribution < -0.4 is 10.5 Å². The third kappa shape index (κ3) is 3.72. The molecule has 0 saturated carbocycles. The summed E-state index contributed by atoms with van der Waals surface area (Å²) in [6.07, 6.45) is 1.20. The van der Waals surface area contributed by atoms with Gasteiger partial charge < -0.3 is 15.4 Å². The van der Waals surface area contributed by atoms with Crippen molar-refractivity contribution in [3.8, 4) is 5.75 Å².